The molecule has 2 N–H and O–H groups in total. The summed E-state index contributed by atoms with van der Waals surface area (Å²) in [7, 11) is 1.91. The van der Waals surface area contributed by atoms with E-state index < -0.39 is 5.41 Å². The third-order valence-electron chi connectivity index (χ3n) is 6.04. The van der Waals surface area contributed by atoms with Crippen LogP contribution in [0.5, 0.6) is 0 Å². The number of rotatable bonds is 6. The number of carbonyl (C=O) groups is 2. The fourth-order valence-corrected chi connectivity index (χ4v) is 3.78. The van der Waals surface area contributed by atoms with Crippen molar-refractivity contribution in [2.45, 2.75) is 52.5 Å². The Balaban J connectivity index is 0.000000229. The number of likely N-dealkylation sites (tertiary alicyclic amines) is 1. The Kier molecular flexibility index (Phi) is 9.73. The number of nitrogens with zero attached hydrogens (tertiary/aromatic N) is 1. The summed E-state index contributed by atoms with van der Waals surface area (Å²) in [4.78, 5) is 25.1. The van der Waals surface area contributed by atoms with Gasteiger partial charge in [0.05, 0.1) is 0 Å². The predicted molar refractivity (Wildman–Crippen MR) is 134 cm³/mol. The molecule has 1 aliphatic carbocycles. The molecule has 0 saturated carbocycles. The zero-order valence-corrected chi connectivity index (χ0v) is 20.5. The lowest BCUT2D eigenvalue weighted by molar-refractivity contribution is -0.125. The molecular formula is C26H36ClN3O2. The highest BCUT2D eigenvalue weighted by Crippen LogP contribution is 2.27. The van der Waals surface area contributed by atoms with Crippen LogP contribution in [0.1, 0.15) is 45.1 Å². The summed E-state index contributed by atoms with van der Waals surface area (Å²) < 4.78 is 0. The second kappa shape index (κ2) is 12.0. The number of likely N-dealkylation sites (N-methyl/N-ethyl adjacent to an activating group) is 1. The number of allylic oxidation sites excluding steroid dienone is 2. The molecule has 1 amide bonds. The van der Waals surface area contributed by atoms with Gasteiger partial charge in [-0.1, -0.05) is 36.4 Å². The fraction of sp³-hybridized carbons (Fsp3) is 0.462. The van der Waals surface area contributed by atoms with Gasteiger partial charge in [0.1, 0.15) is 6.29 Å². The lowest BCUT2D eigenvalue weighted by Gasteiger charge is -2.17. The highest BCUT2D eigenvalue weighted by molar-refractivity contribution is 6.30. The minimum atomic E-state index is -0.413. The Labute approximate surface area is 197 Å². The third kappa shape index (κ3) is 7.35. The van der Waals surface area contributed by atoms with Crippen molar-refractivity contribution in [3.63, 3.8) is 0 Å². The normalized spacial score (nSPS) is 21.0. The number of hydrogen-bond donors (Lipinski definition) is 2. The van der Waals surface area contributed by atoms with Crippen LogP contribution in [0, 0.1) is 12.3 Å². The second-order valence-corrected chi connectivity index (χ2v) is 9.21. The van der Waals surface area contributed by atoms with E-state index in [0.29, 0.717) is 0 Å². The molecule has 1 fully saturated rings. The van der Waals surface area contributed by atoms with Crippen LogP contribution in [0.2, 0.25) is 5.02 Å². The molecule has 1 aromatic carbocycles. The number of nitrogens with one attached hydrogen (secondary N) is 2. The van der Waals surface area contributed by atoms with Crippen molar-refractivity contribution in [1.29, 1.82) is 0 Å². The molecule has 32 heavy (non-hydrogen) atoms. The number of carbonyl (C=O) groups excluding carboxylic acids is 2. The number of aldehydes is 1. The van der Waals surface area contributed by atoms with E-state index in [1.165, 1.54) is 0 Å². The highest BCUT2D eigenvalue weighted by Gasteiger charge is 2.25. The van der Waals surface area contributed by atoms with Crippen LogP contribution < -0.4 is 10.6 Å². The van der Waals surface area contributed by atoms with Crippen molar-refractivity contribution in [3.8, 4) is 0 Å². The first-order chi connectivity index (χ1) is 15.2. The molecule has 1 aliphatic heterocycles. The van der Waals surface area contributed by atoms with E-state index in [1.54, 1.807) is 0 Å². The number of amides is 1. The molecule has 0 spiro atoms. The maximum Gasteiger partial charge on any atom is 0.253 e. The van der Waals surface area contributed by atoms with Crippen LogP contribution in [-0.2, 0) is 9.59 Å². The fourth-order valence-electron chi connectivity index (χ4n) is 3.55. The standard InChI is InChI=1S/C14H19NO2.C12H17ClN2/c1-14(11-16)7-4-5-12(6-8-14)13(17)15-9-2-3-10-15;1-8-7-11(13)5-6-12(8)15-10(3)9(2)14-4/h5-6,8,11H,2-4,7,9-10H2,1H3;5-7,9,14-15H,3H2,1-2,4H3. The zero-order chi connectivity index (χ0) is 23.7. The Hall–Kier alpha value is -2.37. The van der Waals surface area contributed by atoms with E-state index in [2.05, 4.69) is 24.1 Å². The van der Waals surface area contributed by atoms with Gasteiger partial charge >= 0.3 is 0 Å². The zero-order valence-electron chi connectivity index (χ0n) is 19.7. The molecule has 0 bridgehead atoms. The summed E-state index contributed by atoms with van der Waals surface area (Å²) in [6.45, 7) is 11.7. The Morgan fingerprint density at radius 1 is 1.31 bits per heavy atom. The first kappa shape index (κ1) is 25.9. The van der Waals surface area contributed by atoms with Crippen molar-refractivity contribution >= 4 is 29.5 Å². The van der Waals surface area contributed by atoms with Crippen LogP contribution in [0.4, 0.5) is 5.69 Å². The molecule has 3 rings (SSSR count). The van der Waals surface area contributed by atoms with Gasteiger partial charge in [0, 0.05) is 46.5 Å². The van der Waals surface area contributed by atoms with Crippen molar-refractivity contribution in [3.05, 3.63) is 64.9 Å². The largest absolute Gasteiger partial charge is 0.358 e. The minimum absolute atomic E-state index is 0.119. The van der Waals surface area contributed by atoms with Gasteiger partial charge in [-0.25, -0.2) is 0 Å². The average molecular weight is 458 g/mol. The molecule has 6 heteroatoms. The maximum absolute atomic E-state index is 12.2. The van der Waals surface area contributed by atoms with E-state index in [1.807, 2.05) is 62.2 Å². The molecule has 1 aromatic rings. The van der Waals surface area contributed by atoms with Crippen LogP contribution in [0.25, 0.3) is 0 Å². The van der Waals surface area contributed by atoms with E-state index in [9.17, 15) is 9.59 Å². The van der Waals surface area contributed by atoms with E-state index in [0.717, 1.165) is 72.6 Å². The molecule has 5 nitrogen and oxygen atoms in total. The number of anilines is 1. The maximum atomic E-state index is 12.2. The van der Waals surface area contributed by atoms with Gasteiger partial charge in [-0.15, -0.1) is 0 Å². The van der Waals surface area contributed by atoms with Crippen LogP contribution in [-0.4, -0.2) is 43.3 Å². The number of aryl methyl sites for hydroxylation is 1. The summed E-state index contributed by atoms with van der Waals surface area (Å²) in [5, 5.41) is 7.16. The molecule has 1 saturated heterocycles. The van der Waals surface area contributed by atoms with Crippen molar-refractivity contribution < 1.29 is 9.59 Å². The lowest BCUT2D eigenvalue weighted by atomic mass is 9.88. The van der Waals surface area contributed by atoms with E-state index in [-0.39, 0.29) is 11.9 Å². The number of hydrogen-bond acceptors (Lipinski definition) is 4. The van der Waals surface area contributed by atoms with Gasteiger partial charge in [-0.05, 0) is 77.3 Å². The van der Waals surface area contributed by atoms with Gasteiger partial charge in [-0.2, -0.15) is 0 Å². The third-order valence-corrected chi connectivity index (χ3v) is 6.27. The van der Waals surface area contributed by atoms with Gasteiger partial charge in [0.15, 0.2) is 0 Å². The lowest BCUT2D eigenvalue weighted by Crippen LogP contribution is -2.28. The predicted octanol–water partition coefficient (Wildman–Crippen LogP) is 5.27. The van der Waals surface area contributed by atoms with Crippen LogP contribution in [0.15, 0.2) is 54.3 Å². The molecule has 2 unspecified atom stereocenters. The minimum Gasteiger partial charge on any atom is -0.358 e. The quantitative estimate of drug-likeness (QED) is 0.571. The van der Waals surface area contributed by atoms with Crippen LogP contribution in [0.3, 0.4) is 0 Å². The SMILES string of the molecule is C=C(Nc1ccc(Cl)cc1C)C(C)NC.CC1(C=O)C=CC(C(=O)N2CCCC2)=CCC1. The van der Waals surface area contributed by atoms with Crippen LogP contribution >= 0.6 is 11.6 Å². The number of benzene rings is 1. The highest BCUT2D eigenvalue weighted by atomic mass is 35.5. The smallest absolute Gasteiger partial charge is 0.253 e. The summed E-state index contributed by atoms with van der Waals surface area (Å²) in [6, 6.07) is 6.00. The van der Waals surface area contributed by atoms with Gasteiger partial charge in [-0.3, -0.25) is 4.79 Å². The summed E-state index contributed by atoms with van der Waals surface area (Å²) in [5.41, 5.74) is 3.45. The average Bonchev–Trinajstić information content (AvgIpc) is 3.25. The van der Waals surface area contributed by atoms with E-state index >= 15 is 0 Å². The second-order valence-electron chi connectivity index (χ2n) is 8.77. The summed E-state index contributed by atoms with van der Waals surface area (Å²) in [5.74, 6) is 0.119. The molecule has 0 radical (unpaired) electrons. The molecule has 2 atom stereocenters. The molecular weight excluding hydrogens is 422 g/mol. The molecule has 2 aliphatic rings. The Morgan fingerprint density at radius 2 is 2.00 bits per heavy atom. The molecule has 1 heterocycles. The van der Waals surface area contributed by atoms with Crippen molar-refractivity contribution in [2.24, 2.45) is 5.41 Å². The first-order valence-electron chi connectivity index (χ1n) is 11.2. The first-order valence-corrected chi connectivity index (χ1v) is 11.6. The molecule has 174 valence electrons. The Morgan fingerprint density at radius 3 is 2.59 bits per heavy atom. The van der Waals surface area contributed by atoms with E-state index in [4.69, 9.17) is 11.6 Å². The van der Waals surface area contributed by atoms with Gasteiger partial charge < -0.3 is 20.3 Å². The van der Waals surface area contributed by atoms with Gasteiger partial charge in [0.2, 0.25) is 0 Å². The van der Waals surface area contributed by atoms with Crippen molar-refractivity contribution in [1.82, 2.24) is 10.2 Å². The topological polar surface area (TPSA) is 61.4 Å². The summed E-state index contributed by atoms with van der Waals surface area (Å²) in [6.07, 6.45) is 10.4. The van der Waals surface area contributed by atoms with Crippen molar-refractivity contribution in [2.75, 3.05) is 25.5 Å². The Bertz CT molecular complexity index is 887. The van der Waals surface area contributed by atoms with Gasteiger partial charge in [0.25, 0.3) is 5.91 Å². The molecule has 0 aromatic heterocycles. The monoisotopic (exact) mass is 457 g/mol. The number of halogens is 1. The summed E-state index contributed by atoms with van der Waals surface area (Å²) >= 11 is 5.88.